The van der Waals surface area contributed by atoms with Crippen LogP contribution in [0.5, 0.6) is 0 Å². The van der Waals surface area contributed by atoms with Gasteiger partial charge in [-0.15, -0.1) is 0 Å². The van der Waals surface area contributed by atoms with E-state index in [-0.39, 0.29) is 11.8 Å². The van der Waals surface area contributed by atoms with Gasteiger partial charge in [-0.3, -0.25) is 9.59 Å². The minimum absolute atomic E-state index is 0.134. The summed E-state index contributed by atoms with van der Waals surface area (Å²) in [6, 6.07) is 9.05. The van der Waals surface area contributed by atoms with E-state index in [1.165, 1.54) is 11.1 Å². The number of carbonyl (C=O) groups excluding carboxylic acids is 2. The zero-order valence-electron chi connectivity index (χ0n) is 15.9. The molecule has 0 heterocycles. The Morgan fingerprint density at radius 3 is 2.36 bits per heavy atom. The molecule has 6 heteroatoms. The summed E-state index contributed by atoms with van der Waals surface area (Å²) in [7, 11) is 3.35. The molecule has 25 heavy (non-hydrogen) atoms. The van der Waals surface area contributed by atoms with E-state index in [1.54, 1.807) is 21.0 Å². The number of likely N-dealkylation sites (N-methyl/N-ethyl adjacent to an activating group) is 1. The van der Waals surface area contributed by atoms with Crippen LogP contribution in [0.25, 0.3) is 0 Å². The molecule has 0 fully saturated rings. The smallest absolute Gasteiger partial charge is 0.245 e. The molecule has 1 aromatic carbocycles. The lowest BCUT2D eigenvalue weighted by molar-refractivity contribution is -0.137. The lowest BCUT2D eigenvalue weighted by Gasteiger charge is -2.32. The lowest BCUT2D eigenvalue weighted by atomic mass is 9.85. The Hall–Kier alpha value is -2.37. The predicted molar refractivity (Wildman–Crippen MR) is 99.0 cm³/mol. The van der Waals surface area contributed by atoms with E-state index < -0.39 is 17.4 Å². The molecule has 0 saturated carbocycles. The van der Waals surface area contributed by atoms with Crippen LogP contribution >= 0.6 is 0 Å². The average molecular weight is 347 g/mol. The molecule has 0 saturated heterocycles. The summed E-state index contributed by atoms with van der Waals surface area (Å²) in [5.74, 6) is -0.900. The van der Waals surface area contributed by atoms with Gasteiger partial charge in [-0.2, -0.15) is 0 Å². The Balaban J connectivity index is 2.58. The molecule has 0 aliphatic carbocycles. The van der Waals surface area contributed by atoms with Gasteiger partial charge >= 0.3 is 0 Å². The summed E-state index contributed by atoms with van der Waals surface area (Å²) < 4.78 is 0. The summed E-state index contributed by atoms with van der Waals surface area (Å²) in [6.45, 7) is 7.81. The fourth-order valence-corrected chi connectivity index (χ4v) is 2.07. The second-order valence-corrected chi connectivity index (χ2v) is 7.34. The van der Waals surface area contributed by atoms with Crippen molar-refractivity contribution in [3.63, 3.8) is 0 Å². The third-order valence-electron chi connectivity index (χ3n) is 3.69. The van der Waals surface area contributed by atoms with Gasteiger partial charge in [0.2, 0.25) is 11.8 Å². The molecule has 1 N–H and O–H groups in total. The van der Waals surface area contributed by atoms with Gasteiger partial charge in [0.25, 0.3) is 0 Å². The molecule has 138 valence electrons. The Kier molecular flexibility index (Phi) is 7.61. The predicted octanol–water partition coefficient (Wildman–Crippen LogP) is 2.44. The van der Waals surface area contributed by atoms with Crippen LogP contribution in [-0.4, -0.2) is 43.1 Å². The Bertz CT molecular complexity index is 592. The standard InChI is InChI=1S/C19H29N3O3/c1-14(12-20-25-13-15-10-8-7-9-11-15)17(23)21-16(19(2,3)4)18(24)22(5)6/h7-12,14,16H,13H2,1-6H3,(H,21,23)/b20-12+. The zero-order chi connectivity index (χ0) is 19.0. The van der Waals surface area contributed by atoms with E-state index in [1.807, 2.05) is 51.1 Å². The number of oxime groups is 1. The van der Waals surface area contributed by atoms with Gasteiger partial charge in [0.15, 0.2) is 0 Å². The first kappa shape index (κ1) is 20.7. The van der Waals surface area contributed by atoms with Gasteiger partial charge in [-0.25, -0.2) is 0 Å². The van der Waals surface area contributed by atoms with Crippen molar-refractivity contribution in [2.24, 2.45) is 16.5 Å². The van der Waals surface area contributed by atoms with E-state index in [2.05, 4.69) is 10.5 Å². The van der Waals surface area contributed by atoms with Crippen LogP contribution in [0, 0.1) is 11.3 Å². The minimum atomic E-state index is -0.601. The molecule has 1 rings (SSSR count). The summed E-state index contributed by atoms with van der Waals surface area (Å²) in [5, 5.41) is 6.68. The van der Waals surface area contributed by atoms with E-state index in [9.17, 15) is 9.59 Å². The third-order valence-corrected chi connectivity index (χ3v) is 3.69. The molecule has 0 aromatic heterocycles. The molecule has 0 aliphatic heterocycles. The number of hydrogen-bond acceptors (Lipinski definition) is 4. The topological polar surface area (TPSA) is 71.0 Å². The van der Waals surface area contributed by atoms with Crippen molar-refractivity contribution in [3.05, 3.63) is 35.9 Å². The number of nitrogens with zero attached hydrogens (tertiary/aromatic N) is 2. The highest BCUT2D eigenvalue weighted by Gasteiger charge is 2.34. The molecule has 2 unspecified atom stereocenters. The SMILES string of the molecule is CC(/C=N/OCc1ccccc1)C(=O)NC(C(=O)N(C)C)C(C)(C)C. The maximum Gasteiger partial charge on any atom is 0.245 e. The average Bonchev–Trinajstić information content (AvgIpc) is 2.55. The Labute approximate surface area is 150 Å². The van der Waals surface area contributed by atoms with Crippen LogP contribution in [-0.2, 0) is 21.0 Å². The largest absolute Gasteiger partial charge is 0.391 e. The number of nitrogens with one attached hydrogen (secondary N) is 1. The molecule has 0 aliphatic rings. The quantitative estimate of drug-likeness (QED) is 0.608. The monoisotopic (exact) mass is 347 g/mol. The zero-order valence-corrected chi connectivity index (χ0v) is 15.9. The molecule has 0 radical (unpaired) electrons. The van der Waals surface area contributed by atoms with Crippen LogP contribution in [0.2, 0.25) is 0 Å². The van der Waals surface area contributed by atoms with Gasteiger partial charge in [-0.1, -0.05) is 56.3 Å². The highest BCUT2D eigenvalue weighted by molar-refractivity contribution is 5.96. The fourth-order valence-electron chi connectivity index (χ4n) is 2.07. The normalized spacial score (nSPS) is 14.0. The van der Waals surface area contributed by atoms with Gasteiger partial charge in [0.05, 0.1) is 12.1 Å². The Morgan fingerprint density at radius 1 is 1.24 bits per heavy atom. The molecular formula is C19H29N3O3. The van der Waals surface area contributed by atoms with Crippen LogP contribution in [0.1, 0.15) is 33.3 Å². The summed E-state index contributed by atoms with van der Waals surface area (Å²) in [4.78, 5) is 31.4. The summed E-state index contributed by atoms with van der Waals surface area (Å²) >= 11 is 0. The number of rotatable bonds is 7. The van der Waals surface area contributed by atoms with E-state index >= 15 is 0 Å². The lowest BCUT2D eigenvalue weighted by Crippen LogP contribution is -2.54. The first-order valence-corrected chi connectivity index (χ1v) is 8.34. The van der Waals surface area contributed by atoms with E-state index in [4.69, 9.17) is 4.84 Å². The second-order valence-electron chi connectivity index (χ2n) is 7.34. The summed E-state index contributed by atoms with van der Waals surface area (Å²) in [5.41, 5.74) is 0.610. The van der Waals surface area contributed by atoms with Gasteiger partial charge in [0, 0.05) is 14.1 Å². The first-order chi connectivity index (χ1) is 11.6. The molecule has 0 bridgehead atoms. The van der Waals surface area contributed by atoms with Crippen molar-refractivity contribution < 1.29 is 14.4 Å². The number of carbonyl (C=O) groups is 2. The van der Waals surface area contributed by atoms with Crippen molar-refractivity contribution in [3.8, 4) is 0 Å². The van der Waals surface area contributed by atoms with Crippen molar-refractivity contribution in [1.82, 2.24) is 10.2 Å². The second kappa shape index (κ2) is 9.20. The van der Waals surface area contributed by atoms with Gasteiger partial charge in [-0.05, 0) is 17.9 Å². The molecule has 2 amide bonds. The minimum Gasteiger partial charge on any atom is -0.391 e. The molecular weight excluding hydrogens is 318 g/mol. The van der Waals surface area contributed by atoms with Crippen molar-refractivity contribution >= 4 is 18.0 Å². The summed E-state index contributed by atoms with van der Waals surface area (Å²) in [6.07, 6.45) is 1.44. The third kappa shape index (κ3) is 6.95. The number of amides is 2. The maximum atomic E-state index is 12.4. The van der Waals surface area contributed by atoms with Crippen LogP contribution in [0.4, 0.5) is 0 Å². The van der Waals surface area contributed by atoms with Crippen LogP contribution < -0.4 is 5.32 Å². The molecule has 1 aromatic rings. The number of hydrogen-bond donors (Lipinski definition) is 1. The molecule has 6 nitrogen and oxygen atoms in total. The van der Waals surface area contributed by atoms with E-state index in [0.717, 1.165) is 5.56 Å². The van der Waals surface area contributed by atoms with Crippen molar-refractivity contribution in [1.29, 1.82) is 0 Å². The van der Waals surface area contributed by atoms with E-state index in [0.29, 0.717) is 6.61 Å². The van der Waals surface area contributed by atoms with Gasteiger partial charge in [0.1, 0.15) is 12.6 Å². The van der Waals surface area contributed by atoms with Crippen molar-refractivity contribution in [2.75, 3.05) is 14.1 Å². The maximum absolute atomic E-state index is 12.4. The Morgan fingerprint density at radius 2 is 1.84 bits per heavy atom. The number of benzene rings is 1. The first-order valence-electron chi connectivity index (χ1n) is 8.34. The van der Waals surface area contributed by atoms with Crippen LogP contribution in [0.3, 0.4) is 0 Å². The highest BCUT2D eigenvalue weighted by atomic mass is 16.6. The molecule has 0 spiro atoms. The van der Waals surface area contributed by atoms with Crippen molar-refractivity contribution in [2.45, 2.75) is 40.3 Å². The van der Waals surface area contributed by atoms with Crippen LogP contribution in [0.15, 0.2) is 35.5 Å². The van der Waals surface area contributed by atoms with Gasteiger partial charge < -0.3 is 15.1 Å². The fraction of sp³-hybridized carbons (Fsp3) is 0.526. The molecule has 2 atom stereocenters. The highest BCUT2D eigenvalue weighted by Crippen LogP contribution is 2.21.